The molecule has 2 atom stereocenters. The van der Waals surface area contributed by atoms with Crippen molar-refractivity contribution in [3.8, 4) is 10.6 Å². The molecule has 0 aromatic carbocycles. The molecule has 3 heterocycles. The minimum atomic E-state index is -2.48. The van der Waals surface area contributed by atoms with Crippen LogP contribution < -0.4 is 10.6 Å². The Balaban J connectivity index is 1.25. The zero-order chi connectivity index (χ0) is 23.2. The quantitative estimate of drug-likeness (QED) is 0.430. The van der Waals surface area contributed by atoms with Gasteiger partial charge in [-0.3, -0.25) is 4.98 Å². The summed E-state index contributed by atoms with van der Waals surface area (Å²) in [5, 5.41) is 7.79. The SMILES string of the molecule is Cc1nc(NCC2(C)CC2)nc(NC2CC3C(C2)C3(F)F)c1-c1nc2c(C3CC3)nccc2s1. The third-order valence-corrected chi connectivity index (χ3v) is 9.20. The molecular weight excluding hydrogens is 454 g/mol. The average Bonchev–Trinajstić information content (AvgIpc) is 3.74. The highest BCUT2D eigenvalue weighted by Gasteiger charge is 2.71. The van der Waals surface area contributed by atoms with E-state index in [-0.39, 0.29) is 6.04 Å². The highest BCUT2D eigenvalue weighted by Crippen LogP contribution is 2.64. The van der Waals surface area contributed by atoms with Crippen molar-refractivity contribution in [1.29, 1.82) is 0 Å². The molecule has 4 saturated carbocycles. The van der Waals surface area contributed by atoms with Crippen LogP contribution in [-0.2, 0) is 0 Å². The molecule has 4 aliphatic carbocycles. The molecule has 2 unspecified atom stereocenters. The number of nitrogens with zero attached hydrogens (tertiary/aromatic N) is 4. The van der Waals surface area contributed by atoms with Crippen LogP contribution in [0.3, 0.4) is 0 Å². The van der Waals surface area contributed by atoms with E-state index in [4.69, 9.17) is 15.0 Å². The third kappa shape index (κ3) is 3.46. The largest absolute Gasteiger partial charge is 0.367 e. The number of rotatable bonds is 7. The summed E-state index contributed by atoms with van der Waals surface area (Å²) in [7, 11) is 0. The molecule has 34 heavy (non-hydrogen) atoms. The van der Waals surface area contributed by atoms with E-state index in [0.717, 1.165) is 38.7 Å². The molecule has 0 spiro atoms. The molecule has 178 valence electrons. The molecular formula is C25H28F2N6S. The molecule has 4 fully saturated rings. The van der Waals surface area contributed by atoms with Crippen molar-refractivity contribution in [2.45, 2.75) is 70.3 Å². The van der Waals surface area contributed by atoms with Crippen molar-refractivity contribution in [3.63, 3.8) is 0 Å². The average molecular weight is 483 g/mol. The van der Waals surface area contributed by atoms with Gasteiger partial charge in [-0.05, 0) is 56.9 Å². The lowest BCUT2D eigenvalue weighted by molar-refractivity contribution is 0.0710. The van der Waals surface area contributed by atoms with Gasteiger partial charge in [0.25, 0.3) is 5.92 Å². The normalized spacial score (nSPS) is 28.1. The molecule has 0 aliphatic heterocycles. The van der Waals surface area contributed by atoms with Crippen molar-refractivity contribution in [2.75, 3.05) is 17.2 Å². The summed E-state index contributed by atoms with van der Waals surface area (Å²) in [6, 6.07) is 2.01. The van der Waals surface area contributed by atoms with Gasteiger partial charge in [-0.25, -0.2) is 18.7 Å². The predicted octanol–water partition coefficient (Wildman–Crippen LogP) is 6.00. The predicted molar refractivity (Wildman–Crippen MR) is 130 cm³/mol. The fourth-order valence-electron chi connectivity index (χ4n) is 5.46. The fraction of sp³-hybridized carbons (Fsp3) is 0.600. The lowest BCUT2D eigenvalue weighted by Gasteiger charge is -2.20. The van der Waals surface area contributed by atoms with Crippen LogP contribution in [0.4, 0.5) is 20.5 Å². The first-order chi connectivity index (χ1) is 16.3. The second kappa shape index (κ2) is 7.06. The zero-order valence-corrected chi connectivity index (χ0v) is 20.2. The van der Waals surface area contributed by atoms with Crippen LogP contribution >= 0.6 is 11.3 Å². The number of pyridine rings is 1. The van der Waals surface area contributed by atoms with E-state index in [1.54, 1.807) is 11.3 Å². The first-order valence-corrected chi connectivity index (χ1v) is 13.1. The Labute approximate surface area is 201 Å². The number of alkyl halides is 2. The lowest BCUT2D eigenvalue weighted by Crippen LogP contribution is -2.23. The lowest BCUT2D eigenvalue weighted by atomic mass is 10.1. The molecule has 6 nitrogen and oxygen atoms in total. The molecule has 3 aromatic rings. The topological polar surface area (TPSA) is 75.6 Å². The standard InChI is InChI=1S/C25H28F2N6S/c1-12-18(22-32-20-17(34-22)5-8-28-19(20)13-3-4-13)21(31-14-9-15-16(10-14)25(15,26)27)33-23(30-12)29-11-24(2)6-7-24/h5,8,13-16H,3-4,6-7,9-11H2,1-2H3,(H2,29,30,31,33). The number of hydrogen-bond donors (Lipinski definition) is 2. The Morgan fingerprint density at radius 2 is 1.88 bits per heavy atom. The van der Waals surface area contributed by atoms with E-state index in [1.165, 1.54) is 25.7 Å². The van der Waals surface area contributed by atoms with Gasteiger partial charge >= 0.3 is 0 Å². The van der Waals surface area contributed by atoms with E-state index >= 15 is 0 Å². The molecule has 2 N–H and O–H groups in total. The Hall–Kier alpha value is -2.42. The van der Waals surface area contributed by atoms with Gasteiger partial charge in [0.15, 0.2) is 0 Å². The number of anilines is 2. The zero-order valence-electron chi connectivity index (χ0n) is 19.4. The van der Waals surface area contributed by atoms with Crippen LogP contribution in [0.25, 0.3) is 20.8 Å². The number of hydrogen-bond acceptors (Lipinski definition) is 7. The van der Waals surface area contributed by atoms with Crippen molar-refractivity contribution in [2.24, 2.45) is 17.3 Å². The van der Waals surface area contributed by atoms with E-state index in [0.29, 0.717) is 35.9 Å². The molecule has 0 amide bonds. The summed E-state index contributed by atoms with van der Waals surface area (Å²) in [6.07, 6.45) is 7.60. The second-order valence-electron chi connectivity index (χ2n) is 11.1. The molecule has 0 bridgehead atoms. The maximum atomic E-state index is 13.8. The first kappa shape index (κ1) is 20.9. The van der Waals surface area contributed by atoms with Crippen molar-refractivity contribution in [1.82, 2.24) is 19.9 Å². The van der Waals surface area contributed by atoms with E-state index in [1.807, 2.05) is 19.2 Å². The number of halogens is 2. The van der Waals surface area contributed by atoms with Gasteiger partial charge in [-0.2, -0.15) is 4.98 Å². The van der Waals surface area contributed by atoms with Gasteiger partial charge < -0.3 is 10.6 Å². The summed E-state index contributed by atoms with van der Waals surface area (Å²) in [6.45, 7) is 5.08. The van der Waals surface area contributed by atoms with Crippen LogP contribution in [0, 0.1) is 24.2 Å². The maximum absolute atomic E-state index is 13.8. The number of aryl methyl sites for hydroxylation is 1. The highest BCUT2D eigenvalue weighted by molar-refractivity contribution is 7.21. The Morgan fingerprint density at radius 3 is 2.59 bits per heavy atom. The Morgan fingerprint density at radius 1 is 1.12 bits per heavy atom. The second-order valence-corrected chi connectivity index (χ2v) is 12.1. The van der Waals surface area contributed by atoms with Gasteiger partial charge in [-0.1, -0.05) is 6.92 Å². The van der Waals surface area contributed by atoms with Gasteiger partial charge in [0.2, 0.25) is 5.95 Å². The highest BCUT2D eigenvalue weighted by atomic mass is 32.1. The van der Waals surface area contributed by atoms with E-state index in [2.05, 4.69) is 22.5 Å². The van der Waals surface area contributed by atoms with Gasteiger partial charge in [0.1, 0.15) is 16.3 Å². The monoisotopic (exact) mass is 482 g/mol. The summed E-state index contributed by atoms with van der Waals surface area (Å²) in [4.78, 5) is 19.2. The summed E-state index contributed by atoms with van der Waals surface area (Å²) in [5.41, 5.74) is 4.09. The van der Waals surface area contributed by atoms with E-state index in [9.17, 15) is 8.78 Å². The molecule has 4 aliphatic rings. The van der Waals surface area contributed by atoms with Crippen LogP contribution in [0.5, 0.6) is 0 Å². The van der Waals surface area contributed by atoms with Crippen molar-refractivity contribution < 1.29 is 8.78 Å². The van der Waals surface area contributed by atoms with Gasteiger partial charge in [0.05, 0.1) is 21.7 Å². The maximum Gasteiger partial charge on any atom is 0.254 e. The fourth-order valence-corrected chi connectivity index (χ4v) is 6.52. The summed E-state index contributed by atoms with van der Waals surface area (Å²) in [5.74, 6) is -1.65. The van der Waals surface area contributed by atoms with Crippen LogP contribution in [0.15, 0.2) is 12.3 Å². The van der Waals surface area contributed by atoms with E-state index < -0.39 is 17.8 Å². The van der Waals surface area contributed by atoms with Crippen LogP contribution in [0.2, 0.25) is 0 Å². The number of aromatic nitrogens is 4. The molecule has 3 aromatic heterocycles. The minimum absolute atomic E-state index is 0.00505. The third-order valence-electron chi connectivity index (χ3n) is 8.16. The van der Waals surface area contributed by atoms with Gasteiger partial charge in [-0.15, -0.1) is 11.3 Å². The first-order valence-electron chi connectivity index (χ1n) is 12.3. The van der Waals surface area contributed by atoms with Crippen LogP contribution in [0.1, 0.15) is 62.8 Å². The van der Waals surface area contributed by atoms with Gasteiger partial charge in [0, 0.05) is 36.5 Å². The Kier molecular flexibility index (Phi) is 4.34. The van der Waals surface area contributed by atoms with Crippen molar-refractivity contribution >= 4 is 33.3 Å². The smallest absolute Gasteiger partial charge is 0.254 e. The number of fused-ring (bicyclic) bond motifs is 2. The number of nitrogens with one attached hydrogen (secondary N) is 2. The molecule has 9 heteroatoms. The Bertz CT molecular complexity index is 1280. The van der Waals surface area contributed by atoms with Crippen molar-refractivity contribution in [3.05, 3.63) is 23.7 Å². The summed E-state index contributed by atoms with van der Waals surface area (Å²) >= 11 is 1.63. The van der Waals surface area contributed by atoms with Crippen LogP contribution in [-0.4, -0.2) is 38.4 Å². The number of thiazole rings is 1. The minimum Gasteiger partial charge on any atom is -0.367 e. The summed E-state index contributed by atoms with van der Waals surface area (Å²) < 4.78 is 28.7. The molecule has 0 saturated heterocycles. The molecule has 0 radical (unpaired) electrons. The molecule has 7 rings (SSSR count).